The molecule has 150 valence electrons. The van der Waals surface area contributed by atoms with Crippen LogP contribution in [-0.4, -0.2) is 30.9 Å². The fourth-order valence-electron chi connectivity index (χ4n) is 6.80. The van der Waals surface area contributed by atoms with Gasteiger partial charge in [0, 0.05) is 18.5 Å². The lowest BCUT2D eigenvalue weighted by atomic mass is 9.55. The predicted molar refractivity (Wildman–Crippen MR) is 113 cm³/mol. The SMILES string of the molecule is COc1ccc2c(c1)CC[C@@H]1[C@@H]2CC[C@]2(C)[C@@H](O)[C@H](NCC3C=CC=C3)C[C@@H]12. The van der Waals surface area contributed by atoms with Gasteiger partial charge in [0.2, 0.25) is 0 Å². The van der Waals surface area contributed by atoms with Gasteiger partial charge in [-0.1, -0.05) is 37.3 Å². The van der Waals surface area contributed by atoms with Crippen LogP contribution < -0.4 is 10.1 Å². The molecule has 0 heterocycles. The maximum absolute atomic E-state index is 11.3. The molecule has 0 unspecified atom stereocenters. The highest BCUT2D eigenvalue weighted by molar-refractivity contribution is 5.40. The van der Waals surface area contributed by atoms with Crippen molar-refractivity contribution < 1.29 is 9.84 Å². The van der Waals surface area contributed by atoms with Gasteiger partial charge in [-0.25, -0.2) is 0 Å². The number of ether oxygens (including phenoxy) is 1. The zero-order valence-corrected chi connectivity index (χ0v) is 17.1. The van der Waals surface area contributed by atoms with Crippen LogP contribution in [0.2, 0.25) is 0 Å². The van der Waals surface area contributed by atoms with Crippen LogP contribution in [0.25, 0.3) is 0 Å². The number of fused-ring (bicyclic) bond motifs is 5. The van der Waals surface area contributed by atoms with Crippen LogP contribution in [0.5, 0.6) is 5.75 Å². The first kappa shape index (κ1) is 18.4. The molecule has 3 nitrogen and oxygen atoms in total. The molecule has 0 saturated heterocycles. The van der Waals surface area contributed by atoms with E-state index >= 15 is 0 Å². The van der Waals surface area contributed by atoms with Gasteiger partial charge in [0.05, 0.1) is 13.2 Å². The van der Waals surface area contributed by atoms with E-state index in [1.807, 2.05) is 0 Å². The second kappa shape index (κ2) is 7.03. The van der Waals surface area contributed by atoms with E-state index in [0.29, 0.717) is 23.7 Å². The number of aryl methyl sites for hydroxylation is 1. The molecular formula is C25H33NO2. The maximum Gasteiger partial charge on any atom is 0.119 e. The highest BCUT2D eigenvalue weighted by atomic mass is 16.5. The highest BCUT2D eigenvalue weighted by Gasteiger charge is 2.57. The van der Waals surface area contributed by atoms with Crippen molar-refractivity contribution in [3.05, 3.63) is 53.6 Å². The lowest BCUT2D eigenvalue weighted by Gasteiger charge is -2.50. The number of aliphatic hydroxyl groups is 1. The first-order valence-electron chi connectivity index (χ1n) is 11.0. The molecule has 2 saturated carbocycles. The van der Waals surface area contributed by atoms with Crippen LogP contribution in [0, 0.1) is 23.2 Å². The summed E-state index contributed by atoms with van der Waals surface area (Å²) in [5.74, 6) is 3.43. The summed E-state index contributed by atoms with van der Waals surface area (Å²) >= 11 is 0. The molecule has 3 heteroatoms. The van der Waals surface area contributed by atoms with E-state index in [0.717, 1.165) is 31.6 Å². The third-order valence-corrected chi connectivity index (χ3v) is 8.38. The Morgan fingerprint density at radius 2 is 2.04 bits per heavy atom. The fourth-order valence-corrected chi connectivity index (χ4v) is 6.80. The smallest absolute Gasteiger partial charge is 0.119 e. The quantitative estimate of drug-likeness (QED) is 0.823. The zero-order chi connectivity index (χ0) is 19.3. The average Bonchev–Trinajstić information content (AvgIpc) is 3.32. The predicted octanol–water partition coefficient (Wildman–Crippen LogP) is 4.22. The van der Waals surface area contributed by atoms with Crippen molar-refractivity contribution in [2.75, 3.05) is 13.7 Å². The summed E-state index contributed by atoms with van der Waals surface area (Å²) in [6.07, 6.45) is 14.3. The van der Waals surface area contributed by atoms with Crippen molar-refractivity contribution in [2.24, 2.45) is 23.2 Å². The van der Waals surface area contributed by atoms with E-state index < -0.39 is 0 Å². The summed E-state index contributed by atoms with van der Waals surface area (Å²) in [4.78, 5) is 0. The molecule has 0 bridgehead atoms. The summed E-state index contributed by atoms with van der Waals surface area (Å²) in [6, 6.07) is 6.92. The van der Waals surface area contributed by atoms with Gasteiger partial charge in [-0.2, -0.15) is 0 Å². The second-order valence-electron chi connectivity index (χ2n) is 9.65. The Hall–Kier alpha value is -1.58. The molecule has 4 aliphatic carbocycles. The number of hydrogen-bond acceptors (Lipinski definition) is 3. The minimum absolute atomic E-state index is 0.0597. The minimum Gasteiger partial charge on any atom is -0.497 e. The number of nitrogens with one attached hydrogen (secondary N) is 1. The van der Waals surface area contributed by atoms with Gasteiger partial charge < -0.3 is 15.2 Å². The number of benzene rings is 1. The first-order chi connectivity index (χ1) is 13.6. The van der Waals surface area contributed by atoms with Crippen molar-refractivity contribution in [2.45, 2.75) is 57.1 Å². The van der Waals surface area contributed by atoms with Crippen LogP contribution in [0.4, 0.5) is 0 Å². The van der Waals surface area contributed by atoms with E-state index in [1.54, 1.807) is 12.7 Å². The lowest BCUT2D eigenvalue weighted by Crippen LogP contribution is -2.47. The molecule has 5 rings (SSSR count). The van der Waals surface area contributed by atoms with Crippen molar-refractivity contribution in [1.29, 1.82) is 0 Å². The molecule has 0 spiro atoms. The van der Waals surface area contributed by atoms with E-state index in [-0.39, 0.29) is 17.6 Å². The number of allylic oxidation sites excluding steroid dienone is 2. The van der Waals surface area contributed by atoms with E-state index in [9.17, 15) is 5.11 Å². The molecule has 2 N–H and O–H groups in total. The summed E-state index contributed by atoms with van der Waals surface area (Å²) in [5, 5.41) is 15.0. The van der Waals surface area contributed by atoms with Crippen LogP contribution >= 0.6 is 0 Å². The van der Waals surface area contributed by atoms with Crippen LogP contribution in [0.15, 0.2) is 42.5 Å². The Morgan fingerprint density at radius 1 is 1.21 bits per heavy atom. The standard InChI is InChI=1S/C25H33NO2/c1-25-12-11-20-19-10-8-18(28-2)13-17(19)7-9-21(20)22(25)14-23(24(25)27)26-15-16-5-3-4-6-16/h3-6,8,10,13,16,20-24,26-27H,7,9,11-12,14-15H2,1-2H3/t20-,21-,22+,23-,24+,25+/m1/s1. The van der Waals surface area contributed by atoms with Gasteiger partial charge in [0.15, 0.2) is 0 Å². The first-order valence-corrected chi connectivity index (χ1v) is 11.0. The molecule has 4 aliphatic rings. The lowest BCUT2D eigenvalue weighted by molar-refractivity contribution is -0.0280. The Labute approximate surface area is 168 Å². The number of rotatable bonds is 4. The summed E-state index contributed by atoms with van der Waals surface area (Å²) in [6.45, 7) is 3.30. The van der Waals surface area contributed by atoms with Crippen molar-refractivity contribution in [3.63, 3.8) is 0 Å². The van der Waals surface area contributed by atoms with Crippen LogP contribution in [-0.2, 0) is 6.42 Å². The molecule has 1 aromatic carbocycles. The van der Waals surface area contributed by atoms with Gasteiger partial charge in [-0.3, -0.25) is 0 Å². The largest absolute Gasteiger partial charge is 0.497 e. The number of aliphatic hydroxyl groups excluding tert-OH is 1. The molecule has 0 amide bonds. The topological polar surface area (TPSA) is 41.5 Å². The highest BCUT2D eigenvalue weighted by Crippen LogP contribution is 2.61. The molecule has 0 radical (unpaired) electrons. The zero-order valence-electron chi connectivity index (χ0n) is 17.1. The second-order valence-corrected chi connectivity index (χ2v) is 9.65. The Balaban J connectivity index is 1.35. The van der Waals surface area contributed by atoms with Crippen molar-refractivity contribution >= 4 is 0 Å². The van der Waals surface area contributed by atoms with Gasteiger partial charge >= 0.3 is 0 Å². The molecule has 28 heavy (non-hydrogen) atoms. The van der Waals surface area contributed by atoms with E-state index in [4.69, 9.17) is 4.74 Å². The maximum atomic E-state index is 11.3. The third-order valence-electron chi connectivity index (χ3n) is 8.38. The van der Waals surface area contributed by atoms with E-state index in [1.165, 1.54) is 18.4 Å². The summed E-state index contributed by atoms with van der Waals surface area (Å²) in [7, 11) is 1.75. The molecular weight excluding hydrogens is 346 g/mol. The van der Waals surface area contributed by atoms with E-state index in [2.05, 4.69) is 54.7 Å². The number of methoxy groups -OCH3 is 1. The molecule has 1 aromatic rings. The summed E-state index contributed by atoms with van der Waals surface area (Å²) in [5.41, 5.74) is 3.09. The molecule has 6 atom stereocenters. The van der Waals surface area contributed by atoms with Crippen LogP contribution in [0.3, 0.4) is 0 Å². The Kier molecular flexibility index (Phi) is 4.64. The van der Waals surface area contributed by atoms with Crippen molar-refractivity contribution in [1.82, 2.24) is 5.32 Å². The average molecular weight is 380 g/mol. The van der Waals surface area contributed by atoms with Gasteiger partial charge in [-0.15, -0.1) is 0 Å². The monoisotopic (exact) mass is 379 g/mol. The molecule has 2 fully saturated rings. The minimum atomic E-state index is -0.231. The Bertz CT molecular complexity index is 788. The molecule has 0 aromatic heterocycles. The fraction of sp³-hybridized carbons (Fsp3) is 0.600. The van der Waals surface area contributed by atoms with Gasteiger partial charge in [0.1, 0.15) is 5.75 Å². The normalized spacial score (nSPS) is 38.9. The van der Waals surface area contributed by atoms with Gasteiger partial charge in [-0.05, 0) is 78.5 Å². The molecule has 0 aliphatic heterocycles. The van der Waals surface area contributed by atoms with Gasteiger partial charge in [0.25, 0.3) is 0 Å². The summed E-state index contributed by atoms with van der Waals surface area (Å²) < 4.78 is 5.45. The van der Waals surface area contributed by atoms with Crippen LogP contribution in [0.1, 0.15) is 49.7 Å². The number of hydrogen-bond donors (Lipinski definition) is 2. The Morgan fingerprint density at radius 3 is 2.82 bits per heavy atom. The van der Waals surface area contributed by atoms with Crippen molar-refractivity contribution in [3.8, 4) is 5.75 Å². The third kappa shape index (κ3) is 2.86.